The lowest BCUT2D eigenvalue weighted by molar-refractivity contribution is 0.195. The average molecular weight is 246 g/mol. The normalized spacial score (nSPS) is 19.3. The van der Waals surface area contributed by atoms with Crippen LogP contribution in [0.1, 0.15) is 46.0 Å². The second kappa shape index (κ2) is 9.16. The fourth-order valence-corrected chi connectivity index (χ4v) is 3.68. The summed E-state index contributed by atoms with van der Waals surface area (Å²) < 4.78 is 16.8. The van der Waals surface area contributed by atoms with Crippen molar-refractivity contribution in [3.05, 3.63) is 0 Å². The molecule has 1 aliphatic rings. The molecule has 96 valence electrons. The van der Waals surface area contributed by atoms with Crippen LogP contribution >= 0.6 is 0 Å². The lowest BCUT2D eigenvalue weighted by Gasteiger charge is -2.15. The van der Waals surface area contributed by atoms with E-state index < -0.39 is 9.28 Å². The van der Waals surface area contributed by atoms with Crippen molar-refractivity contribution >= 4 is 9.28 Å². The third-order valence-corrected chi connectivity index (χ3v) is 4.73. The quantitative estimate of drug-likeness (QED) is 0.319. The molecule has 16 heavy (non-hydrogen) atoms. The molecular formula is C12H26O3Si. The van der Waals surface area contributed by atoms with Crippen LogP contribution < -0.4 is 0 Å². The molecule has 0 aromatic rings. The number of hydrogen-bond acceptors (Lipinski definition) is 3. The van der Waals surface area contributed by atoms with E-state index in [4.69, 9.17) is 13.6 Å². The molecule has 1 unspecified atom stereocenters. The van der Waals surface area contributed by atoms with Crippen molar-refractivity contribution in [2.24, 2.45) is 0 Å². The van der Waals surface area contributed by atoms with Gasteiger partial charge in [-0.15, -0.1) is 0 Å². The Bertz CT molecular complexity index is 154. The molecule has 0 aromatic heterocycles. The van der Waals surface area contributed by atoms with Gasteiger partial charge < -0.3 is 13.6 Å². The second-order valence-electron chi connectivity index (χ2n) is 4.41. The van der Waals surface area contributed by atoms with Crippen molar-refractivity contribution in [2.75, 3.05) is 19.8 Å². The number of epoxide rings is 1. The summed E-state index contributed by atoms with van der Waals surface area (Å²) in [6, 6.07) is 1.16. The highest BCUT2D eigenvalue weighted by molar-refractivity contribution is 6.44. The highest BCUT2D eigenvalue weighted by Gasteiger charge is 2.21. The van der Waals surface area contributed by atoms with E-state index in [0.29, 0.717) is 6.10 Å². The van der Waals surface area contributed by atoms with Crippen LogP contribution in [0.2, 0.25) is 6.04 Å². The fourth-order valence-electron chi connectivity index (χ4n) is 1.63. The third kappa shape index (κ3) is 7.38. The highest BCUT2D eigenvalue weighted by Crippen LogP contribution is 2.18. The highest BCUT2D eigenvalue weighted by atomic mass is 28.3. The summed E-state index contributed by atoms with van der Waals surface area (Å²) in [5, 5.41) is 0. The van der Waals surface area contributed by atoms with Crippen LogP contribution in [-0.4, -0.2) is 35.2 Å². The first-order valence-corrected chi connectivity index (χ1v) is 8.47. The molecule has 4 heteroatoms. The maximum absolute atomic E-state index is 5.80. The van der Waals surface area contributed by atoms with E-state index in [1.807, 2.05) is 0 Å². The predicted molar refractivity (Wildman–Crippen MR) is 68.0 cm³/mol. The minimum Gasteiger partial charge on any atom is -0.397 e. The van der Waals surface area contributed by atoms with Crippen molar-refractivity contribution in [1.29, 1.82) is 0 Å². The fraction of sp³-hybridized carbons (Fsp3) is 1.00. The smallest absolute Gasteiger partial charge is 0.321 e. The molecular weight excluding hydrogens is 220 g/mol. The van der Waals surface area contributed by atoms with Crippen molar-refractivity contribution < 1.29 is 13.6 Å². The van der Waals surface area contributed by atoms with Crippen molar-refractivity contribution in [1.82, 2.24) is 0 Å². The molecule has 0 saturated carbocycles. The molecule has 0 spiro atoms. The maximum Gasteiger partial charge on any atom is 0.321 e. The molecule has 1 heterocycles. The lowest BCUT2D eigenvalue weighted by atomic mass is 10.2. The van der Waals surface area contributed by atoms with E-state index in [1.165, 1.54) is 19.3 Å². The molecule has 1 fully saturated rings. The van der Waals surface area contributed by atoms with Gasteiger partial charge in [0.25, 0.3) is 0 Å². The first-order chi connectivity index (χ1) is 7.86. The van der Waals surface area contributed by atoms with E-state index in [0.717, 1.165) is 38.7 Å². The summed E-state index contributed by atoms with van der Waals surface area (Å²) in [5.41, 5.74) is 0. The van der Waals surface area contributed by atoms with Gasteiger partial charge in [0.05, 0.1) is 12.7 Å². The van der Waals surface area contributed by atoms with E-state index >= 15 is 0 Å². The maximum atomic E-state index is 5.80. The molecule has 3 nitrogen and oxygen atoms in total. The summed E-state index contributed by atoms with van der Waals surface area (Å²) in [5.74, 6) is 0. The van der Waals surface area contributed by atoms with Crippen LogP contribution in [0.15, 0.2) is 0 Å². The van der Waals surface area contributed by atoms with Crippen molar-refractivity contribution in [3.8, 4) is 0 Å². The average Bonchev–Trinajstić information content (AvgIpc) is 3.11. The molecule has 0 N–H and O–H groups in total. The van der Waals surface area contributed by atoms with Crippen LogP contribution in [0, 0.1) is 0 Å². The molecule has 1 atom stereocenters. The summed E-state index contributed by atoms with van der Waals surface area (Å²) in [6.45, 7) is 7.02. The molecule has 0 bridgehead atoms. The first kappa shape index (κ1) is 14.2. The van der Waals surface area contributed by atoms with Crippen LogP contribution in [0.5, 0.6) is 0 Å². The number of hydrogen-bond donors (Lipinski definition) is 0. The summed E-state index contributed by atoms with van der Waals surface area (Å²) >= 11 is 0. The summed E-state index contributed by atoms with van der Waals surface area (Å²) in [4.78, 5) is 0. The van der Waals surface area contributed by atoms with Crippen molar-refractivity contribution in [3.63, 3.8) is 0 Å². The van der Waals surface area contributed by atoms with Gasteiger partial charge in [-0.3, -0.25) is 0 Å². The minimum atomic E-state index is -1.35. The van der Waals surface area contributed by atoms with Crippen LogP contribution in [0.25, 0.3) is 0 Å². The summed E-state index contributed by atoms with van der Waals surface area (Å²) in [7, 11) is -1.35. The second-order valence-corrected chi connectivity index (χ2v) is 6.51. The van der Waals surface area contributed by atoms with E-state index in [1.54, 1.807) is 0 Å². The topological polar surface area (TPSA) is 31.0 Å². The first-order valence-electron chi connectivity index (χ1n) is 6.71. The number of ether oxygens (including phenoxy) is 1. The minimum absolute atomic E-state index is 0.577. The van der Waals surface area contributed by atoms with Gasteiger partial charge in [0.15, 0.2) is 0 Å². The molecule has 1 rings (SSSR count). The summed E-state index contributed by atoms with van der Waals surface area (Å²) in [6.07, 6.45) is 6.49. The Labute approximate surface area is 101 Å². The monoisotopic (exact) mass is 246 g/mol. The Morgan fingerprint density at radius 2 is 1.75 bits per heavy atom. The van der Waals surface area contributed by atoms with E-state index in [2.05, 4.69) is 13.8 Å². The SMILES string of the molecule is CCCO[SiH](CCCCC1CO1)OCCC. The largest absolute Gasteiger partial charge is 0.397 e. The number of unbranched alkanes of at least 4 members (excludes halogenated alkanes) is 1. The molecule has 1 saturated heterocycles. The zero-order valence-corrected chi connectivity index (χ0v) is 11.9. The van der Waals surface area contributed by atoms with E-state index in [9.17, 15) is 0 Å². The van der Waals surface area contributed by atoms with Crippen LogP contribution in [-0.2, 0) is 13.6 Å². The van der Waals surface area contributed by atoms with Gasteiger partial charge in [-0.25, -0.2) is 0 Å². The van der Waals surface area contributed by atoms with Crippen molar-refractivity contribution in [2.45, 2.75) is 58.1 Å². The zero-order valence-electron chi connectivity index (χ0n) is 10.7. The van der Waals surface area contributed by atoms with Gasteiger partial charge in [0, 0.05) is 13.2 Å². The van der Waals surface area contributed by atoms with Gasteiger partial charge >= 0.3 is 9.28 Å². The Morgan fingerprint density at radius 1 is 1.12 bits per heavy atom. The van der Waals surface area contributed by atoms with Gasteiger partial charge in [0.1, 0.15) is 0 Å². The zero-order chi connectivity index (χ0) is 11.6. The molecule has 0 amide bonds. The number of rotatable bonds is 11. The van der Waals surface area contributed by atoms with Gasteiger partial charge in [-0.1, -0.05) is 26.7 Å². The lowest BCUT2D eigenvalue weighted by Crippen LogP contribution is -2.23. The predicted octanol–water partition coefficient (Wildman–Crippen LogP) is 2.63. The standard InChI is InChI=1S/C12H26O3Si/c1-3-8-14-16(15-9-4-2)10-6-5-7-12-11-13-12/h12,16H,3-11H2,1-2H3. The van der Waals surface area contributed by atoms with Gasteiger partial charge in [0.2, 0.25) is 0 Å². The molecule has 0 aromatic carbocycles. The molecule has 0 radical (unpaired) electrons. The molecule has 0 aliphatic carbocycles. The molecule has 1 aliphatic heterocycles. The third-order valence-electron chi connectivity index (χ3n) is 2.63. The van der Waals surface area contributed by atoms with Crippen LogP contribution in [0.3, 0.4) is 0 Å². The Hall–Kier alpha value is 0.0969. The van der Waals surface area contributed by atoms with Crippen LogP contribution in [0.4, 0.5) is 0 Å². The van der Waals surface area contributed by atoms with Gasteiger partial charge in [-0.05, 0) is 25.3 Å². The van der Waals surface area contributed by atoms with E-state index in [-0.39, 0.29) is 0 Å². The Kier molecular flexibility index (Phi) is 8.11. The van der Waals surface area contributed by atoms with Gasteiger partial charge in [-0.2, -0.15) is 0 Å². The Balaban J connectivity index is 1.99. The Morgan fingerprint density at radius 3 is 2.25 bits per heavy atom.